The maximum absolute atomic E-state index is 13.0. The van der Waals surface area contributed by atoms with E-state index in [0.29, 0.717) is 18.9 Å². The Kier molecular flexibility index (Phi) is 5.19. The molecule has 0 aromatic heterocycles. The first-order valence-electron chi connectivity index (χ1n) is 6.32. The van der Waals surface area contributed by atoms with E-state index >= 15 is 0 Å². The number of hydrogen-bond acceptors (Lipinski definition) is 2. The molecule has 0 radical (unpaired) electrons. The molecule has 1 rings (SSSR count). The molecule has 110 valence electrons. The lowest BCUT2D eigenvalue weighted by Crippen LogP contribution is -2.42. The highest BCUT2D eigenvalue weighted by Crippen LogP contribution is 2.25. The summed E-state index contributed by atoms with van der Waals surface area (Å²) in [6, 6.07) is 2.47. The predicted molar refractivity (Wildman–Crippen MR) is 69.3 cm³/mol. The van der Waals surface area contributed by atoms with Crippen LogP contribution in [0.25, 0.3) is 0 Å². The Hall–Kier alpha value is -1.98. The van der Waals surface area contributed by atoms with Crippen molar-refractivity contribution in [1.29, 1.82) is 0 Å². The van der Waals surface area contributed by atoms with E-state index in [1.54, 1.807) is 13.8 Å². The smallest absolute Gasteiger partial charge is 0.311 e. The normalized spacial score (nSPS) is 11.2. The molecule has 20 heavy (non-hydrogen) atoms. The van der Waals surface area contributed by atoms with Crippen LogP contribution in [0.4, 0.5) is 8.78 Å². The van der Waals surface area contributed by atoms with Crippen molar-refractivity contribution in [3.8, 4) is 0 Å². The van der Waals surface area contributed by atoms with Gasteiger partial charge in [0.15, 0.2) is 0 Å². The molecule has 0 bridgehead atoms. The second kappa shape index (κ2) is 6.45. The molecule has 1 aromatic rings. The molecule has 0 fully saturated rings. The Balaban J connectivity index is 2.83. The second-order valence-electron chi connectivity index (χ2n) is 4.63. The number of carboxylic acids is 1. The Morgan fingerprint density at radius 2 is 1.65 bits per heavy atom. The number of nitrogens with one attached hydrogen (secondary N) is 1. The molecule has 0 atom stereocenters. The SMILES string of the molecule is CCC(CC)(CNC(=O)c1cc(F)cc(F)c1)C(=O)O. The van der Waals surface area contributed by atoms with E-state index in [9.17, 15) is 23.5 Å². The van der Waals surface area contributed by atoms with Crippen molar-refractivity contribution >= 4 is 11.9 Å². The second-order valence-corrected chi connectivity index (χ2v) is 4.63. The van der Waals surface area contributed by atoms with Gasteiger partial charge in [-0.2, -0.15) is 0 Å². The van der Waals surface area contributed by atoms with Crippen molar-refractivity contribution in [1.82, 2.24) is 5.32 Å². The molecule has 0 spiro atoms. The van der Waals surface area contributed by atoms with E-state index in [4.69, 9.17) is 0 Å². The number of amides is 1. The van der Waals surface area contributed by atoms with Crippen LogP contribution in [0.1, 0.15) is 37.0 Å². The van der Waals surface area contributed by atoms with Crippen molar-refractivity contribution in [3.63, 3.8) is 0 Å². The molecule has 0 saturated carbocycles. The first-order valence-corrected chi connectivity index (χ1v) is 6.32. The van der Waals surface area contributed by atoms with Crippen LogP contribution in [0, 0.1) is 17.0 Å². The summed E-state index contributed by atoms with van der Waals surface area (Å²) in [6.45, 7) is 3.34. The fraction of sp³-hybridized carbons (Fsp3) is 0.429. The largest absolute Gasteiger partial charge is 0.481 e. The lowest BCUT2D eigenvalue weighted by molar-refractivity contribution is -0.149. The van der Waals surface area contributed by atoms with Gasteiger partial charge in [-0.3, -0.25) is 9.59 Å². The summed E-state index contributed by atoms with van der Waals surface area (Å²) in [4.78, 5) is 23.1. The monoisotopic (exact) mass is 285 g/mol. The number of carbonyl (C=O) groups excluding carboxylic acids is 1. The molecular weight excluding hydrogens is 268 g/mol. The first kappa shape index (κ1) is 16.1. The van der Waals surface area contributed by atoms with E-state index in [1.165, 1.54) is 0 Å². The van der Waals surface area contributed by atoms with Crippen LogP contribution in [0.15, 0.2) is 18.2 Å². The molecule has 0 saturated heterocycles. The van der Waals surface area contributed by atoms with Gasteiger partial charge in [0, 0.05) is 18.2 Å². The van der Waals surface area contributed by atoms with Gasteiger partial charge in [-0.05, 0) is 25.0 Å². The van der Waals surface area contributed by atoms with Crippen LogP contribution in [0.2, 0.25) is 0 Å². The molecule has 1 amide bonds. The number of aliphatic carboxylic acids is 1. The highest BCUT2D eigenvalue weighted by molar-refractivity contribution is 5.94. The standard InChI is InChI=1S/C14H17F2NO3/c1-3-14(4-2,13(19)20)8-17-12(18)9-5-10(15)7-11(16)6-9/h5-7H,3-4,8H2,1-2H3,(H,17,18)(H,19,20). The van der Waals surface area contributed by atoms with Crippen LogP contribution in [0.5, 0.6) is 0 Å². The van der Waals surface area contributed by atoms with Crippen LogP contribution in [-0.4, -0.2) is 23.5 Å². The molecular formula is C14H17F2NO3. The summed E-state index contributed by atoms with van der Waals surface area (Å²) in [5.41, 5.74) is -1.24. The van der Waals surface area contributed by atoms with E-state index in [2.05, 4.69) is 5.32 Å². The van der Waals surface area contributed by atoms with Gasteiger partial charge in [0.2, 0.25) is 0 Å². The number of carbonyl (C=O) groups is 2. The van der Waals surface area contributed by atoms with Crippen LogP contribution >= 0.6 is 0 Å². The number of carboxylic acid groups (broad SMARTS) is 1. The molecule has 0 unspecified atom stereocenters. The fourth-order valence-corrected chi connectivity index (χ4v) is 1.91. The lowest BCUT2D eigenvalue weighted by atomic mass is 9.82. The zero-order chi connectivity index (χ0) is 15.3. The lowest BCUT2D eigenvalue weighted by Gasteiger charge is -2.26. The minimum atomic E-state index is -1.07. The average molecular weight is 285 g/mol. The summed E-state index contributed by atoms with van der Waals surface area (Å²) in [5.74, 6) is -3.42. The van der Waals surface area contributed by atoms with Crippen molar-refractivity contribution in [3.05, 3.63) is 35.4 Å². The quantitative estimate of drug-likeness (QED) is 0.844. The molecule has 1 aromatic carbocycles. The van der Waals surface area contributed by atoms with Crippen LogP contribution < -0.4 is 5.32 Å². The third-order valence-electron chi connectivity index (χ3n) is 3.52. The Labute approximate surface area is 115 Å². The van der Waals surface area contributed by atoms with Gasteiger partial charge >= 0.3 is 5.97 Å². The topological polar surface area (TPSA) is 66.4 Å². The van der Waals surface area contributed by atoms with E-state index in [0.717, 1.165) is 12.1 Å². The minimum absolute atomic E-state index is 0.0910. The van der Waals surface area contributed by atoms with Gasteiger partial charge in [0.1, 0.15) is 11.6 Å². The van der Waals surface area contributed by atoms with Crippen molar-refractivity contribution in [2.24, 2.45) is 5.41 Å². The average Bonchev–Trinajstić information content (AvgIpc) is 2.38. The van der Waals surface area contributed by atoms with Crippen molar-refractivity contribution in [2.45, 2.75) is 26.7 Å². The van der Waals surface area contributed by atoms with Crippen molar-refractivity contribution in [2.75, 3.05) is 6.54 Å². The Morgan fingerprint density at radius 1 is 1.15 bits per heavy atom. The molecule has 4 nitrogen and oxygen atoms in total. The summed E-state index contributed by atoms with van der Waals surface area (Å²) >= 11 is 0. The molecule has 2 N–H and O–H groups in total. The van der Waals surface area contributed by atoms with Crippen molar-refractivity contribution < 1.29 is 23.5 Å². The molecule has 0 heterocycles. The minimum Gasteiger partial charge on any atom is -0.481 e. The highest BCUT2D eigenvalue weighted by atomic mass is 19.1. The van der Waals surface area contributed by atoms with Crippen LogP contribution in [0.3, 0.4) is 0 Å². The zero-order valence-electron chi connectivity index (χ0n) is 11.4. The number of benzene rings is 1. The van der Waals surface area contributed by atoms with Gasteiger partial charge < -0.3 is 10.4 Å². The molecule has 0 aliphatic heterocycles. The van der Waals surface area contributed by atoms with E-state index in [-0.39, 0.29) is 12.1 Å². The van der Waals surface area contributed by atoms with Gasteiger partial charge in [-0.1, -0.05) is 13.8 Å². The maximum atomic E-state index is 13.0. The van der Waals surface area contributed by atoms with E-state index in [1.807, 2.05) is 0 Å². The predicted octanol–water partition coefficient (Wildman–Crippen LogP) is 2.59. The molecule has 0 aliphatic rings. The third-order valence-corrected chi connectivity index (χ3v) is 3.52. The third kappa shape index (κ3) is 3.53. The summed E-state index contributed by atoms with van der Waals surface area (Å²) in [6.07, 6.45) is 0.688. The van der Waals surface area contributed by atoms with Gasteiger partial charge in [0.25, 0.3) is 5.91 Å². The van der Waals surface area contributed by atoms with Gasteiger partial charge in [0.05, 0.1) is 5.41 Å². The van der Waals surface area contributed by atoms with E-state index < -0.39 is 28.9 Å². The number of rotatable bonds is 6. The summed E-state index contributed by atoms with van der Waals surface area (Å²) < 4.78 is 26.0. The highest BCUT2D eigenvalue weighted by Gasteiger charge is 2.35. The Bertz CT molecular complexity index is 493. The summed E-state index contributed by atoms with van der Waals surface area (Å²) in [7, 11) is 0. The molecule has 6 heteroatoms. The van der Waals surface area contributed by atoms with Crippen LogP contribution in [-0.2, 0) is 4.79 Å². The number of hydrogen-bond donors (Lipinski definition) is 2. The van der Waals surface area contributed by atoms with Gasteiger partial charge in [-0.25, -0.2) is 8.78 Å². The summed E-state index contributed by atoms with van der Waals surface area (Å²) in [5, 5.41) is 11.6. The number of halogens is 2. The molecule has 0 aliphatic carbocycles. The maximum Gasteiger partial charge on any atom is 0.311 e. The fourth-order valence-electron chi connectivity index (χ4n) is 1.91. The Morgan fingerprint density at radius 3 is 2.05 bits per heavy atom. The van der Waals surface area contributed by atoms with Gasteiger partial charge in [-0.15, -0.1) is 0 Å². The first-order chi connectivity index (χ1) is 9.34. The zero-order valence-corrected chi connectivity index (χ0v) is 11.4.